The van der Waals surface area contributed by atoms with E-state index in [1.165, 1.54) is 11.8 Å². The molecule has 0 aliphatic carbocycles. The molecule has 0 radical (unpaired) electrons. The molecule has 5 nitrogen and oxygen atoms in total. The van der Waals surface area contributed by atoms with Crippen molar-refractivity contribution in [3.8, 4) is 0 Å². The fraction of sp³-hybridized carbons (Fsp3) is 0.500. The summed E-state index contributed by atoms with van der Waals surface area (Å²) in [5, 5.41) is 9.25. The number of aliphatic carboxylic acids is 1. The van der Waals surface area contributed by atoms with Crippen LogP contribution in [0.3, 0.4) is 0 Å². The van der Waals surface area contributed by atoms with Gasteiger partial charge >= 0.3 is 12.1 Å². The number of carbonyl (C=O) groups is 2. The molecular weight excluding hydrogens is 270 g/mol. The third kappa shape index (κ3) is 4.77. The standard InChI is InChI=1S/C16H23NO4/c1-11(13-9-7-6-8-10-13)17(12(2)14(18)19)15(20)21-16(3,4)5/h6-12H,1-5H3,(H,18,19). The van der Waals surface area contributed by atoms with Crippen LogP contribution in [-0.4, -0.2) is 33.7 Å². The van der Waals surface area contributed by atoms with Gasteiger partial charge in [0, 0.05) is 0 Å². The molecule has 116 valence electrons. The smallest absolute Gasteiger partial charge is 0.411 e. The maximum absolute atomic E-state index is 12.4. The van der Waals surface area contributed by atoms with Crippen molar-refractivity contribution in [3.63, 3.8) is 0 Å². The van der Waals surface area contributed by atoms with Gasteiger partial charge in [-0.2, -0.15) is 0 Å². The Morgan fingerprint density at radius 1 is 1.14 bits per heavy atom. The van der Waals surface area contributed by atoms with Crippen molar-refractivity contribution in [2.45, 2.75) is 52.3 Å². The first-order chi connectivity index (χ1) is 9.63. The zero-order chi connectivity index (χ0) is 16.2. The lowest BCUT2D eigenvalue weighted by Gasteiger charge is -2.34. The van der Waals surface area contributed by atoms with E-state index in [-0.39, 0.29) is 0 Å². The van der Waals surface area contributed by atoms with Gasteiger partial charge in [0.05, 0.1) is 6.04 Å². The topological polar surface area (TPSA) is 66.8 Å². The van der Waals surface area contributed by atoms with Gasteiger partial charge < -0.3 is 9.84 Å². The highest BCUT2D eigenvalue weighted by molar-refractivity contribution is 5.80. The quantitative estimate of drug-likeness (QED) is 0.923. The monoisotopic (exact) mass is 293 g/mol. The Morgan fingerprint density at radius 2 is 1.67 bits per heavy atom. The molecule has 0 aliphatic heterocycles. The first-order valence-electron chi connectivity index (χ1n) is 6.92. The molecule has 0 aromatic heterocycles. The number of carbonyl (C=O) groups excluding carboxylic acids is 1. The molecule has 0 fully saturated rings. The number of ether oxygens (including phenoxy) is 1. The highest BCUT2D eigenvalue weighted by atomic mass is 16.6. The summed E-state index contributed by atoms with van der Waals surface area (Å²) in [4.78, 5) is 24.9. The second-order valence-electron chi connectivity index (χ2n) is 5.99. The average Bonchev–Trinajstić information content (AvgIpc) is 2.37. The molecule has 0 heterocycles. The molecule has 0 bridgehead atoms. The number of hydrogen-bond acceptors (Lipinski definition) is 3. The summed E-state index contributed by atoms with van der Waals surface area (Å²) < 4.78 is 5.34. The van der Waals surface area contributed by atoms with Crippen LogP contribution in [0.25, 0.3) is 0 Å². The van der Waals surface area contributed by atoms with E-state index in [9.17, 15) is 14.7 Å². The second-order valence-corrected chi connectivity index (χ2v) is 5.99. The third-order valence-corrected chi connectivity index (χ3v) is 3.08. The first kappa shape index (κ1) is 17.0. The summed E-state index contributed by atoms with van der Waals surface area (Å²) in [7, 11) is 0. The van der Waals surface area contributed by atoms with Gasteiger partial charge in [0.25, 0.3) is 0 Å². The van der Waals surface area contributed by atoms with Crippen LogP contribution < -0.4 is 0 Å². The van der Waals surface area contributed by atoms with Gasteiger partial charge in [-0.15, -0.1) is 0 Å². The number of rotatable bonds is 4. The Balaban J connectivity index is 3.08. The highest BCUT2D eigenvalue weighted by Gasteiger charge is 2.33. The summed E-state index contributed by atoms with van der Waals surface area (Å²) >= 11 is 0. The number of amides is 1. The van der Waals surface area contributed by atoms with Crippen molar-refractivity contribution in [3.05, 3.63) is 35.9 Å². The van der Waals surface area contributed by atoms with Crippen molar-refractivity contribution >= 4 is 12.1 Å². The molecule has 21 heavy (non-hydrogen) atoms. The summed E-state index contributed by atoms with van der Waals surface area (Å²) in [6.45, 7) is 8.52. The molecule has 0 spiro atoms. The van der Waals surface area contributed by atoms with E-state index >= 15 is 0 Å². The Kier molecular flexibility index (Phi) is 5.35. The van der Waals surface area contributed by atoms with Crippen molar-refractivity contribution in [1.82, 2.24) is 4.90 Å². The van der Waals surface area contributed by atoms with Crippen LogP contribution in [-0.2, 0) is 9.53 Å². The lowest BCUT2D eigenvalue weighted by Crippen LogP contribution is -2.46. The molecule has 2 atom stereocenters. The van der Waals surface area contributed by atoms with E-state index < -0.39 is 29.7 Å². The summed E-state index contributed by atoms with van der Waals surface area (Å²) in [6, 6.07) is 7.92. The molecule has 1 N–H and O–H groups in total. The molecule has 1 aromatic rings. The predicted octanol–water partition coefficient (Wildman–Crippen LogP) is 3.46. The van der Waals surface area contributed by atoms with Crippen LogP contribution in [0.4, 0.5) is 4.79 Å². The molecule has 1 aromatic carbocycles. The Bertz CT molecular complexity index is 493. The van der Waals surface area contributed by atoms with E-state index in [2.05, 4.69) is 0 Å². The lowest BCUT2D eigenvalue weighted by molar-refractivity contribution is -0.143. The van der Waals surface area contributed by atoms with Crippen LogP contribution >= 0.6 is 0 Å². The maximum Gasteiger partial charge on any atom is 0.411 e. The Labute approximate surface area is 125 Å². The average molecular weight is 293 g/mol. The second kappa shape index (κ2) is 6.61. The number of benzene rings is 1. The van der Waals surface area contributed by atoms with Crippen LogP contribution in [0.5, 0.6) is 0 Å². The Morgan fingerprint density at radius 3 is 2.10 bits per heavy atom. The molecule has 0 saturated heterocycles. The van der Waals surface area contributed by atoms with E-state index in [4.69, 9.17) is 4.74 Å². The minimum absolute atomic E-state index is 0.396. The van der Waals surface area contributed by atoms with E-state index in [0.717, 1.165) is 5.56 Å². The molecule has 1 amide bonds. The first-order valence-corrected chi connectivity index (χ1v) is 6.92. The zero-order valence-corrected chi connectivity index (χ0v) is 13.2. The normalized spacial score (nSPS) is 14.1. The maximum atomic E-state index is 12.4. The third-order valence-electron chi connectivity index (χ3n) is 3.08. The van der Waals surface area contributed by atoms with E-state index in [1.807, 2.05) is 30.3 Å². The summed E-state index contributed by atoms with van der Waals surface area (Å²) in [5.74, 6) is -1.07. The SMILES string of the molecule is CC(C(=O)O)N(C(=O)OC(C)(C)C)C(C)c1ccccc1. The predicted molar refractivity (Wildman–Crippen MR) is 80.0 cm³/mol. The van der Waals surface area contributed by atoms with Gasteiger partial charge in [0.1, 0.15) is 11.6 Å². The summed E-state index contributed by atoms with van der Waals surface area (Å²) in [5.41, 5.74) is 0.181. The van der Waals surface area contributed by atoms with Gasteiger partial charge in [0.2, 0.25) is 0 Å². The van der Waals surface area contributed by atoms with Crippen LogP contribution in [0.15, 0.2) is 30.3 Å². The summed E-state index contributed by atoms with van der Waals surface area (Å²) in [6.07, 6.45) is -0.631. The van der Waals surface area contributed by atoms with Gasteiger partial charge in [-0.05, 0) is 40.2 Å². The van der Waals surface area contributed by atoms with Crippen molar-refractivity contribution in [1.29, 1.82) is 0 Å². The minimum atomic E-state index is -1.07. The van der Waals surface area contributed by atoms with Crippen LogP contribution in [0.1, 0.15) is 46.2 Å². The van der Waals surface area contributed by atoms with E-state index in [1.54, 1.807) is 27.7 Å². The molecule has 0 saturated carbocycles. The molecule has 0 aliphatic rings. The van der Waals surface area contributed by atoms with Crippen molar-refractivity contribution in [2.75, 3.05) is 0 Å². The van der Waals surface area contributed by atoms with Gasteiger partial charge in [-0.3, -0.25) is 4.90 Å². The van der Waals surface area contributed by atoms with Gasteiger partial charge in [-0.1, -0.05) is 30.3 Å². The van der Waals surface area contributed by atoms with Crippen molar-refractivity contribution < 1.29 is 19.4 Å². The minimum Gasteiger partial charge on any atom is -0.480 e. The number of hydrogen-bond donors (Lipinski definition) is 1. The highest BCUT2D eigenvalue weighted by Crippen LogP contribution is 2.25. The van der Waals surface area contributed by atoms with E-state index in [0.29, 0.717) is 0 Å². The molecule has 2 unspecified atom stereocenters. The van der Waals surface area contributed by atoms with Gasteiger partial charge in [-0.25, -0.2) is 9.59 Å². The molecule has 5 heteroatoms. The largest absolute Gasteiger partial charge is 0.480 e. The fourth-order valence-corrected chi connectivity index (χ4v) is 1.98. The molecular formula is C16H23NO4. The fourth-order valence-electron chi connectivity index (χ4n) is 1.98. The van der Waals surface area contributed by atoms with Crippen LogP contribution in [0.2, 0.25) is 0 Å². The van der Waals surface area contributed by atoms with Crippen molar-refractivity contribution in [2.24, 2.45) is 0 Å². The number of nitrogens with zero attached hydrogens (tertiary/aromatic N) is 1. The van der Waals surface area contributed by atoms with Crippen LogP contribution in [0, 0.1) is 0 Å². The molecule has 1 rings (SSSR count). The number of carboxylic acid groups (broad SMARTS) is 1. The van der Waals surface area contributed by atoms with Gasteiger partial charge in [0.15, 0.2) is 0 Å². The number of carboxylic acids is 1. The Hall–Kier alpha value is -2.04. The lowest BCUT2D eigenvalue weighted by atomic mass is 10.1. The zero-order valence-electron chi connectivity index (χ0n) is 13.2.